The molecular formula is C25H21ClFN5O. The molecule has 0 bridgehead atoms. The quantitative estimate of drug-likeness (QED) is 0.439. The molecule has 1 saturated heterocycles. The van der Waals surface area contributed by atoms with Crippen molar-refractivity contribution in [3.05, 3.63) is 65.7 Å². The van der Waals surface area contributed by atoms with E-state index in [9.17, 15) is 9.18 Å². The van der Waals surface area contributed by atoms with E-state index in [1.54, 1.807) is 18.2 Å². The number of nitrogens with one attached hydrogen (secondary N) is 2. The molecule has 33 heavy (non-hydrogen) atoms. The Bertz CT molecular complexity index is 1360. The van der Waals surface area contributed by atoms with E-state index in [2.05, 4.69) is 51.0 Å². The Morgan fingerprint density at radius 1 is 1.36 bits per heavy atom. The average Bonchev–Trinajstić information content (AvgIpc) is 3.36. The summed E-state index contributed by atoms with van der Waals surface area (Å²) in [6, 6.07) is 8.24. The van der Waals surface area contributed by atoms with Crippen LogP contribution >= 0.6 is 11.6 Å². The number of nitrogens with zero attached hydrogens (tertiary/aromatic N) is 3. The Hall–Kier alpha value is -3.47. The highest BCUT2D eigenvalue weighted by Crippen LogP contribution is 2.56. The minimum Gasteiger partial charge on any atom is -0.337 e. The Kier molecular flexibility index (Phi) is 5.28. The molecule has 1 aliphatic heterocycles. The second-order valence-corrected chi connectivity index (χ2v) is 8.97. The van der Waals surface area contributed by atoms with E-state index >= 15 is 0 Å². The van der Waals surface area contributed by atoms with Gasteiger partial charge in [0.25, 0.3) is 0 Å². The van der Waals surface area contributed by atoms with Gasteiger partial charge in [-0.15, -0.1) is 0 Å². The second kappa shape index (κ2) is 8.14. The fourth-order valence-corrected chi connectivity index (χ4v) is 4.62. The third-order valence-electron chi connectivity index (χ3n) is 6.18. The van der Waals surface area contributed by atoms with Gasteiger partial charge in [-0.2, -0.15) is 0 Å². The number of anilines is 3. The number of hydrogen-bond donors (Lipinski definition) is 2. The van der Waals surface area contributed by atoms with Gasteiger partial charge in [-0.1, -0.05) is 36.1 Å². The van der Waals surface area contributed by atoms with E-state index in [4.69, 9.17) is 11.6 Å². The zero-order valence-corrected chi connectivity index (χ0v) is 18.7. The Morgan fingerprint density at radius 2 is 2.21 bits per heavy atom. The number of rotatable bonds is 4. The predicted molar refractivity (Wildman–Crippen MR) is 128 cm³/mol. The largest absolute Gasteiger partial charge is 0.337 e. The zero-order chi connectivity index (χ0) is 23.2. The van der Waals surface area contributed by atoms with Crippen molar-refractivity contribution in [3.8, 4) is 11.8 Å². The highest BCUT2D eigenvalue weighted by Gasteiger charge is 2.58. The number of halogens is 2. The summed E-state index contributed by atoms with van der Waals surface area (Å²) in [6.45, 7) is 5.55. The van der Waals surface area contributed by atoms with Crippen molar-refractivity contribution in [2.75, 3.05) is 30.8 Å². The predicted octanol–water partition coefficient (Wildman–Crippen LogP) is 4.59. The van der Waals surface area contributed by atoms with E-state index in [0.29, 0.717) is 33.9 Å². The van der Waals surface area contributed by atoms with Gasteiger partial charge in [0.15, 0.2) is 5.82 Å². The maximum Gasteiger partial charge on any atom is 0.247 e. The van der Waals surface area contributed by atoms with Crippen LogP contribution in [0, 0.1) is 29.0 Å². The van der Waals surface area contributed by atoms with Crippen LogP contribution in [0.2, 0.25) is 5.02 Å². The van der Waals surface area contributed by atoms with Gasteiger partial charge in [0, 0.05) is 23.9 Å². The van der Waals surface area contributed by atoms with Crippen LogP contribution < -0.4 is 10.6 Å². The molecule has 1 aromatic heterocycles. The first-order chi connectivity index (χ1) is 15.9. The van der Waals surface area contributed by atoms with Gasteiger partial charge in [-0.25, -0.2) is 14.4 Å². The fourth-order valence-electron chi connectivity index (χ4n) is 4.44. The number of aromatic nitrogens is 2. The molecule has 3 aromatic rings. The molecular weight excluding hydrogens is 441 g/mol. The maximum absolute atomic E-state index is 14.4. The normalized spacial score (nSPS) is 21.1. The molecule has 166 valence electrons. The summed E-state index contributed by atoms with van der Waals surface area (Å²) >= 11 is 5.91. The zero-order valence-electron chi connectivity index (χ0n) is 18.0. The summed E-state index contributed by atoms with van der Waals surface area (Å²) in [5.74, 6) is 6.79. The molecule has 2 aliphatic rings. The van der Waals surface area contributed by atoms with Gasteiger partial charge in [0.1, 0.15) is 12.1 Å². The minimum atomic E-state index is -0.576. The monoisotopic (exact) mass is 461 g/mol. The highest BCUT2D eigenvalue weighted by atomic mass is 35.5. The van der Waals surface area contributed by atoms with Crippen molar-refractivity contribution in [2.24, 2.45) is 11.3 Å². The lowest BCUT2D eigenvalue weighted by molar-refractivity contribution is -0.111. The van der Waals surface area contributed by atoms with Gasteiger partial charge in [-0.3, -0.25) is 4.79 Å². The Morgan fingerprint density at radius 3 is 2.97 bits per heavy atom. The molecule has 6 nitrogen and oxygen atoms in total. The van der Waals surface area contributed by atoms with Crippen molar-refractivity contribution in [1.29, 1.82) is 0 Å². The summed E-state index contributed by atoms with van der Waals surface area (Å²) in [5.41, 5.74) is 2.01. The Balaban J connectivity index is 1.57. The smallest absolute Gasteiger partial charge is 0.247 e. The molecule has 2 fully saturated rings. The number of carbonyl (C=O) groups is 1. The Labute approximate surface area is 195 Å². The van der Waals surface area contributed by atoms with Crippen LogP contribution in [-0.2, 0) is 4.79 Å². The molecule has 0 unspecified atom stereocenters. The molecule has 0 spiro atoms. The van der Waals surface area contributed by atoms with Gasteiger partial charge >= 0.3 is 0 Å². The first-order valence-electron chi connectivity index (χ1n) is 10.5. The van der Waals surface area contributed by atoms with Gasteiger partial charge in [0.2, 0.25) is 5.91 Å². The fraction of sp³-hybridized carbons (Fsp3) is 0.240. The summed E-state index contributed by atoms with van der Waals surface area (Å²) in [7, 11) is 2.11. The molecule has 2 N–H and O–H groups in total. The molecule has 8 heteroatoms. The molecule has 1 amide bonds. The van der Waals surface area contributed by atoms with Gasteiger partial charge < -0.3 is 15.5 Å². The third-order valence-corrected chi connectivity index (χ3v) is 6.48. The SMILES string of the molecule is C=CC(=O)Nc1cc2c(Nc3cccc(Cl)c3F)ncnc2cc1C#C[C@]12C[C@@H]1CN(C)C2. The number of amides is 1. The highest BCUT2D eigenvalue weighted by molar-refractivity contribution is 6.31. The molecule has 0 radical (unpaired) electrons. The summed E-state index contributed by atoms with van der Waals surface area (Å²) in [5, 5.41) is 6.41. The average molecular weight is 462 g/mol. The summed E-state index contributed by atoms with van der Waals surface area (Å²) in [4.78, 5) is 23.0. The van der Waals surface area contributed by atoms with Crippen molar-refractivity contribution in [3.63, 3.8) is 0 Å². The number of benzene rings is 2. The van der Waals surface area contributed by atoms with Crippen LogP contribution in [0.15, 0.2) is 49.3 Å². The van der Waals surface area contributed by atoms with Crippen LogP contribution in [0.1, 0.15) is 12.0 Å². The molecule has 2 aromatic carbocycles. The van der Waals surface area contributed by atoms with Crippen molar-refractivity contribution in [2.45, 2.75) is 6.42 Å². The van der Waals surface area contributed by atoms with Gasteiger partial charge in [-0.05, 0) is 49.7 Å². The van der Waals surface area contributed by atoms with Crippen molar-refractivity contribution < 1.29 is 9.18 Å². The first kappa shape index (κ1) is 21.4. The number of carbonyl (C=O) groups excluding carboxylic acids is 1. The standard InChI is InChI=1S/C25H21ClFN5O/c1-3-22(33)30-20-10-17-21(9-15(20)7-8-25-11-16(25)12-32(2)13-25)28-14-29-24(17)31-19-6-4-5-18(26)23(19)27/h3-6,9-10,14,16H,1,11-13H2,2H3,(H,30,33)(H,28,29,31)/t16-,25-/m1/s1. The van der Waals surface area contributed by atoms with Gasteiger partial charge in [0.05, 0.1) is 27.5 Å². The van der Waals surface area contributed by atoms with Crippen LogP contribution in [0.3, 0.4) is 0 Å². The van der Waals surface area contributed by atoms with Crippen LogP contribution in [0.5, 0.6) is 0 Å². The lowest BCUT2D eigenvalue weighted by atomic mass is 10.0. The molecule has 1 saturated carbocycles. The lowest BCUT2D eigenvalue weighted by Crippen LogP contribution is -2.19. The topological polar surface area (TPSA) is 70.1 Å². The van der Waals surface area contributed by atoms with E-state index in [1.807, 2.05) is 6.07 Å². The molecule has 2 heterocycles. The third kappa shape index (κ3) is 4.04. The van der Waals surface area contributed by atoms with Crippen LogP contribution in [-0.4, -0.2) is 40.9 Å². The number of piperidine rings is 1. The molecule has 2 atom stereocenters. The summed E-state index contributed by atoms with van der Waals surface area (Å²) < 4.78 is 14.4. The van der Waals surface area contributed by atoms with Crippen molar-refractivity contribution >= 4 is 45.6 Å². The first-order valence-corrected chi connectivity index (χ1v) is 10.9. The van der Waals surface area contributed by atoms with E-state index in [-0.39, 0.29) is 22.0 Å². The molecule has 5 rings (SSSR count). The van der Waals surface area contributed by atoms with E-state index in [1.165, 1.54) is 18.5 Å². The number of hydrogen-bond acceptors (Lipinski definition) is 5. The minimum absolute atomic E-state index is 0.00479. The van der Waals surface area contributed by atoms with Crippen LogP contribution in [0.4, 0.5) is 21.6 Å². The van der Waals surface area contributed by atoms with E-state index < -0.39 is 5.82 Å². The van der Waals surface area contributed by atoms with Crippen LogP contribution in [0.25, 0.3) is 10.9 Å². The van der Waals surface area contributed by atoms with Crippen molar-refractivity contribution in [1.82, 2.24) is 14.9 Å². The maximum atomic E-state index is 14.4. The van der Waals surface area contributed by atoms with E-state index in [0.717, 1.165) is 19.5 Å². The number of likely N-dealkylation sites (tertiary alicyclic amines) is 1. The summed E-state index contributed by atoms with van der Waals surface area (Å²) in [6.07, 6.45) is 3.70. The lowest BCUT2D eigenvalue weighted by Gasteiger charge is -2.13. The molecule has 1 aliphatic carbocycles. The number of fused-ring (bicyclic) bond motifs is 2. The second-order valence-electron chi connectivity index (χ2n) is 8.56.